The molecule has 0 aliphatic carbocycles. The maximum Gasteiger partial charge on any atom is 0.220 e. The van der Waals surface area contributed by atoms with Crippen molar-refractivity contribution < 1.29 is 9.53 Å². The van der Waals surface area contributed by atoms with Crippen LogP contribution in [-0.4, -0.2) is 39.6 Å². The summed E-state index contributed by atoms with van der Waals surface area (Å²) in [4.78, 5) is 11.8. The van der Waals surface area contributed by atoms with Gasteiger partial charge in [-0.3, -0.25) is 9.36 Å². The monoisotopic (exact) mass is 410 g/mol. The number of ether oxygens (including phenoxy) is 1. The molecule has 0 atom stereocenters. The highest BCUT2D eigenvalue weighted by Crippen LogP contribution is 2.29. The predicted molar refractivity (Wildman–Crippen MR) is 117 cm³/mol. The minimum absolute atomic E-state index is 0.0854. The third kappa shape index (κ3) is 5.60. The second-order valence-corrected chi connectivity index (χ2v) is 7.94. The van der Waals surface area contributed by atoms with E-state index in [1.54, 1.807) is 18.9 Å². The zero-order chi connectivity index (χ0) is 20.6. The number of amides is 1. The van der Waals surface area contributed by atoms with Crippen molar-refractivity contribution in [1.82, 2.24) is 20.1 Å². The number of hydrogen-bond acceptors (Lipinski definition) is 5. The number of methoxy groups -OCH3 is 1. The minimum Gasteiger partial charge on any atom is -0.497 e. The molecule has 0 unspecified atom stereocenters. The Balaban J connectivity index is 1.79. The fourth-order valence-corrected chi connectivity index (χ4v) is 3.78. The molecule has 1 N–H and O–H groups in total. The standard InChI is InChI=1S/C22H26N4O2S/c1-16(2)23-20(27)10-7-15-29-22-25-24-21(17-8-5-4-6-9-17)26(22)18-11-13-19(28-3)14-12-18/h4-6,8-9,11-14,16H,7,10,15H2,1-3H3,(H,23,27). The molecule has 0 spiro atoms. The van der Waals surface area contributed by atoms with Gasteiger partial charge in [-0.05, 0) is 44.5 Å². The average Bonchev–Trinajstić information content (AvgIpc) is 3.15. The lowest BCUT2D eigenvalue weighted by Crippen LogP contribution is -2.29. The molecule has 0 saturated heterocycles. The lowest BCUT2D eigenvalue weighted by atomic mass is 10.2. The molecule has 7 heteroatoms. The Labute approximate surface area is 175 Å². The summed E-state index contributed by atoms with van der Waals surface area (Å²) in [6.07, 6.45) is 1.28. The maximum absolute atomic E-state index is 11.8. The summed E-state index contributed by atoms with van der Waals surface area (Å²) in [6, 6.07) is 18.0. The Hall–Kier alpha value is -2.80. The summed E-state index contributed by atoms with van der Waals surface area (Å²) in [6.45, 7) is 3.93. The van der Waals surface area contributed by atoms with E-state index in [9.17, 15) is 4.79 Å². The van der Waals surface area contributed by atoms with Gasteiger partial charge in [0.25, 0.3) is 0 Å². The van der Waals surface area contributed by atoms with Crippen LogP contribution >= 0.6 is 11.8 Å². The number of thioether (sulfide) groups is 1. The van der Waals surface area contributed by atoms with Gasteiger partial charge in [0.1, 0.15) is 5.75 Å². The molecular formula is C22H26N4O2S. The smallest absolute Gasteiger partial charge is 0.220 e. The van der Waals surface area contributed by atoms with Crippen molar-refractivity contribution in [2.75, 3.05) is 12.9 Å². The van der Waals surface area contributed by atoms with Crippen molar-refractivity contribution in [3.05, 3.63) is 54.6 Å². The van der Waals surface area contributed by atoms with Crippen molar-refractivity contribution in [2.24, 2.45) is 0 Å². The molecule has 152 valence electrons. The number of nitrogens with zero attached hydrogens (tertiary/aromatic N) is 3. The Morgan fingerprint density at radius 3 is 2.48 bits per heavy atom. The van der Waals surface area contributed by atoms with Gasteiger partial charge in [-0.2, -0.15) is 0 Å². The van der Waals surface area contributed by atoms with E-state index in [4.69, 9.17) is 4.74 Å². The van der Waals surface area contributed by atoms with E-state index in [-0.39, 0.29) is 11.9 Å². The molecule has 29 heavy (non-hydrogen) atoms. The van der Waals surface area contributed by atoms with E-state index in [1.165, 1.54) is 0 Å². The van der Waals surface area contributed by atoms with Gasteiger partial charge in [-0.1, -0.05) is 42.1 Å². The fraction of sp³-hybridized carbons (Fsp3) is 0.318. The van der Waals surface area contributed by atoms with E-state index in [2.05, 4.69) is 15.5 Å². The van der Waals surface area contributed by atoms with Crippen LogP contribution in [0.2, 0.25) is 0 Å². The van der Waals surface area contributed by atoms with Gasteiger partial charge < -0.3 is 10.1 Å². The van der Waals surface area contributed by atoms with Crippen LogP contribution in [0.5, 0.6) is 5.75 Å². The van der Waals surface area contributed by atoms with Crippen LogP contribution in [0.3, 0.4) is 0 Å². The number of benzene rings is 2. The summed E-state index contributed by atoms with van der Waals surface area (Å²) >= 11 is 1.61. The van der Waals surface area contributed by atoms with Gasteiger partial charge in [0.15, 0.2) is 11.0 Å². The maximum atomic E-state index is 11.8. The van der Waals surface area contributed by atoms with Crippen LogP contribution in [0.4, 0.5) is 0 Å². The molecular weight excluding hydrogens is 384 g/mol. The molecule has 0 fully saturated rings. The highest BCUT2D eigenvalue weighted by molar-refractivity contribution is 7.99. The molecule has 0 bridgehead atoms. The molecule has 3 aromatic rings. The van der Waals surface area contributed by atoms with Crippen molar-refractivity contribution in [1.29, 1.82) is 0 Å². The van der Waals surface area contributed by atoms with Gasteiger partial charge in [0, 0.05) is 29.5 Å². The van der Waals surface area contributed by atoms with E-state index in [0.29, 0.717) is 6.42 Å². The Bertz CT molecular complexity index is 924. The second kappa shape index (κ2) is 10.1. The zero-order valence-electron chi connectivity index (χ0n) is 17.0. The van der Waals surface area contributed by atoms with Crippen LogP contribution in [-0.2, 0) is 4.79 Å². The topological polar surface area (TPSA) is 69.0 Å². The molecule has 0 aliphatic heterocycles. The van der Waals surface area contributed by atoms with Crippen LogP contribution in [0.1, 0.15) is 26.7 Å². The third-order valence-electron chi connectivity index (χ3n) is 4.22. The Morgan fingerprint density at radius 1 is 1.10 bits per heavy atom. The molecule has 1 amide bonds. The Kier molecular flexibility index (Phi) is 7.30. The van der Waals surface area contributed by atoms with Gasteiger partial charge in [-0.15, -0.1) is 10.2 Å². The first-order chi connectivity index (χ1) is 14.1. The van der Waals surface area contributed by atoms with Gasteiger partial charge in [-0.25, -0.2) is 0 Å². The van der Waals surface area contributed by atoms with Crippen molar-refractivity contribution in [3.63, 3.8) is 0 Å². The number of rotatable bonds is 9. The highest BCUT2D eigenvalue weighted by atomic mass is 32.2. The lowest BCUT2D eigenvalue weighted by molar-refractivity contribution is -0.121. The number of nitrogens with one attached hydrogen (secondary N) is 1. The second-order valence-electron chi connectivity index (χ2n) is 6.88. The molecule has 1 heterocycles. The van der Waals surface area contributed by atoms with Crippen LogP contribution in [0.25, 0.3) is 17.1 Å². The van der Waals surface area contributed by atoms with Crippen molar-refractivity contribution in [2.45, 2.75) is 37.9 Å². The van der Waals surface area contributed by atoms with Crippen molar-refractivity contribution >= 4 is 17.7 Å². The van der Waals surface area contributed by atoms with E-state index in [1.807, 2.05) is 73.0 Å². The van der Waals surface area contributed by atoms with Crippen LogP contribution in [0, 0.1) is 0 Å². The van der Waals surface area contributed by atoms with Gasteiger partial charge in [0.2, 0.25) is 5.91 Å². The zero-order valence-corrected chi connectivity index (χ0v) is 17.8. The van der Waals surface area contributed by atoms with Gasteiger partial charge in [0.05, 0.1) is 7.11 Å². The largest absolute Gasteiger partial charge is 0.497 e. The number of hydrogen-bond donors (Lipinski definition) is 1. The molecule has 1 aromatic heterocycles. The van der Waals surface area contributed by atoms with Crippen LogP contribution < -0.4 is 10.1 Å². The molecule has 0 aliphatic rings. The van der Waals surface area contributed by atoms with Crippen molar-refractivity contribution in [3.8, 4) is 22.8 Å². The summed E-state index contributed by atoms with van der Waals surface area (Å²) in [7, 11) is 1.65. The molecule has 3 rings (SSSR count). The van der Waals surface area contributed by atoms with E-state index >= 15 is 0 Å². The third-order valence-corrected chi connectivity index (χ3v) is 5.24. The average molecular weight is 411 g/mol. The van der Waals surface area contributed by atoms with E-state index in [0.717, 1.165) is 40.2 Å². The number of aromatic nitrogens is 3. The summed E-state index contributed by atoms with van der Waals surface area (Å²) < 4.78 is 7.33. The van der Waals surface area contributed by atoms with Gasteiger partial charge >= 0.3 is 0 Å². The first kappa shape index (κ1) is 20.9. The fourth-order valence-electron chi connectivity index (χ4n) is 2.89. The Morgan fingerprint density at radius 2 is 1.83 bits per heavy atom. The molecule has 0 saturated carbocycles. The summed E-state index contributed by atoms with van der Waals surface area (Å²) in [5.74, 6) is 2.46. The minimum atomic E-state index is 0.0854. The first-order valence-corrected chi connectivity index (χ1v) is 10.6. The molecule has 0 radical (unpaired) electrons. The SMILES string of the molecule is COc1ccc(-n2c(SCCCC(=O)NC(C)C)nnc2-c2ccccc2)cc1. The number of carbonyl (C=O) groups is 1. The normalized spacial score (nSPS) is 10.9. The van der Waals surface area contributed by atoms with Crippen LogP contribution in [0.15, 0.2) is 59.8 Å². The summed E-state index contributed by atoms with van der Waals surface area (Å²) in [5, 5.41) is 12.6. The lowest BCUT2D eigenvalue weighted by Gasteiger charge is -2.11. The highest BCUT2D eigenvalue weighted by Gasteiger charge is 2.16. The molecule has 2 aromatic carbocycles. The van der Waals surface area contributed by atoms with E-state index < -0.39 is 0 Å². The quantitative estimate of drug-likeness (QED) is 0.420. The molecule has 6 nitrogen and oxygen atoms in total. The first-order valence-electron chi connectivity index (χ1n) is 9.66. The predicted octanol–water partition coefficient (Wildman–Crippen LogP) is 4.34. The summed E-state index contributed by atoms with van der Waals surface area (Å²) in [5.41, 5.74) is 1.97. The number of carbonyl (C=O) groups excluding carboxylic acids is 1.